The van der Waals surface area contributed by atoms with Gasteiger partial charge >= 0.3 is 0 Å². The molecule has 1 heterocycles. The topological polar surface area (TPSA) is 68.0 Å². The molecule has 0 spiro atoms. The monoisotopic (exact) mass is 333 g/mol. The molecule has 4 nitrogen and oxygen atoms in total. The summed E-state index contributed by atoms with van der Waals surface area (Å²) >= 11 is 9.20. The number of hydrogen-bond acceptors (Lipinski definition) is 3. The van der Waals surface area contributed by atoms with E-state index in [9.17, 15) is 4.79 Å². The van der Waals surface area contributed by atoms with Crippen LogP contribution in [0, 0.1) is 11.8 Å². The van der Waals surface area contributed by atoms with Gasteiger partial charge in [-0.2, -0.15) is 0 Å². The van der Waals surface area contributed by atoms with Crippen LogP contribution in [0.5, 0.6) is 0 Å². The lowest BCUT2D eigenvalue weighted by molar-refractivity contribution is -0.120. The van der Waals surface area contributed by atoms with E-state index < -0.39 is 0 Å². The Hall–Kier alpha value is -0.650. The average molecular weight is 335 g/mol. The molecule has 0 saturated carbocycles. The molecule has 1 unspecified atom stereocenters. The SMILES string of the molecule is CC(C)CC(CN)C(=O)Nc1cc(Br)cnc1Cl. The molecule has 6 heteroatoms. The minimum Gasteiger partial charge on any atom is -0.330 e. The summed E-state index contributed by atoms with van der Waals surface area (Å²) in [5, 5.41) is 3.03. The second-order valence-electron chi connectivity index (χ2n) is 4.54. The van der Waals surface area contributed by atoms with Crippen LogP contribution in [-0.4, -0.2) is 17.4 Å². The zero-order valence-corrected chi connectivity index (χ0v) is 12.8. The van der Waals surface area contributed by atoms with Gasteiger partial charge in [-0.3, -0.25) is 4.79 Å². The van der Waals surface area contributed by atoms with Crippen LogP contribution in [0.4, 0.5) is 5.69 Å². The second-order valence-corrected chi connectivity index (χ2v) is 5.82. The fourth-order valence-electron chi connectivity index (χ4n) is 1.62. The van der Waals surface area contributed by atoms with Gasteiger partial charge in [0.25, 0.3) is 0 Å². The fraction of sp³-hybridized carbons (Fsp3) is 0.500. The van der Waals surface area contributed by atoms with Crippen LogP contribution in [-0.2, 0) is 4.79 Å². The van der Waals surface area contributed by atoms with E-state index in [4.69, 9.17) is 17.3 Å². The Morgan fingerprint density at radius 3 is 2.83 bits per heavy atom. The van der Waals surface area contributed by atoms with Gasteiger partial charge in [0, 0.05) is 17.2 Å². The summed E-state index contributed by atoms with van der Waals surface area (Å²) in [6.07, 6.45) is 2.33. The molecule has 0 aliphatic heterocycles. The fourth-order valence-corrected chi connectivity index (χ4v) is 2.11. The number of nitrogens with one attached hydrogen (secondary N) is 1. The molecule has 1 amide bonds. The first-order chi connectivity index (χ1) is 8.43. The third kappa shape index (κ3) is 4.55. The first-order valence-electron chi connectivity index (χ1n) is 5.76. The molecule has 18 heavy (non-hydrogen) atoms. The largest absolute Gasteiger partial charge is 0.330 e. The molecule has 1 aromatic rings. The number of amides is 1. The van der Waals surface area contributed by atoms with Crippen molar-refractivity contribution in [1.82, 2.24) is 4.98 Å². The number of halogens is 2. The molecule has 0 radical (unpaired) electrons. The zero-order valence-electron chi connectivity index (χ0n) is 10.4. The standard InChI is InChI=1S/C12H17BrClN3O/c1-7(2)3-8(5-15)12(18)17-10-4-9(13)6-16-11(10)14/h4,6-8H,3,5,15H2,1-2H3,(H,17,18). The van der Waals surface area contributed by atoms with Crippen molar-refractivity contribution in [2.24, 2.45) is 17.6 Å². The third-order valence-electron chi connectivity index (χ3n) is 2.47. The number of rotatable bonds is 5. The highest BCUT2D eigenvalue weighted by molar-refractivity contribution is 9.10. The number of carbonyl (C=O) groups is 1. The van der Waals surface area contributed by atoms with Crippen LogP contribution < -0.4 is 11.1 Å². The summed E-state index contributed by atoms with van der Waals surface area (Å²) in [5.41, 5.74) is 6.12. The number of hydrogen-bond donors (Lipinski definition) is 2. The lowest BCUT2D eigenvalue weighted by Crippen LogP contribution is -2.30. The van der Waals surface area contributed by atoms with Gasteiger partial charge in [-0.15, -0.1) is 0 Å². The van der Waals surface area contributed by atoms with Gasteiger partial charge in [0.2, 0.25) is 5.91 Å². The van der Waals surface area contributed by atoms with Crippen molar-refractivity contribution >= 4 is 39.1 Å². The van der Waals surface area contributed by atoms with Crippen molar-refractivity contribution < 1.29 is 4.79 Å². The Morgan fingerprint density at radius 1 is 1.61 bits per heavy atom. The quantitative estimate of drug-likeness (QED) is 0.813. The lowest BCUT2D eigenvalue weighted by atomic mass is 9.96. The molecule has 0 aliphatic carbocycles. The maximum atomic E-state index is 12.0. The Balaban J connectivity index is 2.76. The predicted octanol–water partition coefficient (Wildman–Crippen LogP) is 3.06. The molecule has 0 saturated heterocycles. The molecule has 0 aromatic carbocycles. The van der Waals surface area contributed by atoms with Crippen molar-refractivity contribution in [1.29, 1.82) is 0 Å². The summed E-state index contributed by atoms with van der Waals surface area (Å²) in [4.78, 5) is 16.0. The molecule has 100 valence electrons. The van der Waals surface area contributed by atoms with Crippen LogP contribution in [0.25, 0.3) is 0 Å². The van der Waals surface area contributed by atoms with Crippen LogP contribution in [0.3, 0.4) is 0 Å². The molecule has 1 aromatic heterocycles. The van der Waals surface area contributed by atoms with Crippen molar-refractivity contribution in [3.8, 4) is 0 Å². The Bertz CT molecular complexity index is 426. The van der Waals surface area contributed by atoms with E-state index in [0.717, 1.165) is 10.9 Å². The summed E-state index contributed by atoms with van der Waals surface area (Å²) in [6.45, 7) is 4.44. The lowest BCUT2D eigenvalue weighted by Gasteiger charge is -2.17. The van der Waals surface area contributed by atoms with Crippen molar-refractivity contribution in [3.63, 3.8) is 0 Å². The molecule has 0 aliphatic rings. The van der Waals surface area contributed by atoms with E-state index in [-0.39, 0.29) is 17.0 Å². The maximum absolute atomic E-state index is 12.0. The second kappa shape index (κ2) is 7.07. The average Bonchev–Trinajstić information content (AvgIpc) is 2.30. The summed E-state index contributed by atoms with van der Waals surface area (Å²) in [7, 11) is 0. The van der Waals surface area contributed by atoms with Gasteiger partial charge in [0.05, 0.1) is 11.6 Å². The highest BCUT2D eigenvalue weighted by Gasteiger charge is 2.19. The molecule has 3 N–H and O–H groups in total. The van der Waals surface area contributed by atoms with Gasteiger partial charge in [-0.25, -0.2) is 4.98 Å². The summed E-state index contributed by atoms with van der Waals surface area (Å²) in [5.74, 6) is 0.0912. The molecule has 0 bridgehead atoms. The zero-order chi connectivity index (χ0) is 13.7. The Labute approximate surface area is 120 Å². The predicted molar refractivity (Wildman–Crippen MR) is 77.6 cm³/mol. The van der Waals surface area contributed by atoms with Crippen LogP contribution in [0.2, 0.25) is 5.15 Å². The van der Waals surface area contributed by atoms with E-state index >= 15 is 0 Å². The summed E-state index contributed by atoms with van der Waals surface area (Å²) < 4.78 is 0.760. The van der Waals surface area contributed by atoms with Crippen LogP contribution >= 0.6 is 27.5 Å². The molecular formula is C12H17BrClN3O. The highest BCUT2D eigenvalue weighted by Crippen LogP contribution is 2.24. The van der Waals surface area contributed by atoms with Crippen molar-refractivity contribution in [2.75, 3.05) is 11.9 Å². The number of carbonyl (C=O) groups excluding carboxylic acids is 1. The number of pyridine rings is 1. The van der Waals surface area contributed by atoms with Gasteiger partial charge < -0.3 is 11.1 Å². The minimum atomic E-state index is -0.208. The molecule has 0 fully saturated rings. The maximum Gasteiger partial charge on any atom is 0.228 e. The Morgan fingerprint density at radius 2 is 2.28 bits per heavy atom. The number of nitrogens with two attached hydrogens (primary N) is 1. The molecule has 1 atom stereocenters. The van der Waals surface area contributed by atoms with E-state index in [1.54, 1.807) is 12.3 Å². The summed E-state index contributed by atoms with van der Waals surface area (Å²) in [6, 6.07) is 1.72. The first-order valence-corrected chi connectivity index (χ1v) is 6.93. The Kier molecular flexibility index (Phi) is 6.05. The highest BCUT2D eigenvalue weighted by atomic mass is 79.9. The van der Waals surface area contributed by atoms with Gasteiger partial charge in [-0.1, -0.05) is 25.4 Å². The molecule has 1 rings (SSSR count). The van der Waals surface area contributed by atoms with E-state index in [2.05, 4.69) is 40.1 Å². The normalized spacial score (nSPS) is 12.6. The smallest absolute Gasteiger partial charge is 0.228 e. The van der Waals surface area contributed by atoms with Crippen molar-refractivity contribution in [3.05, 3.63) is 21.9 Å². The van der Waals surface area contributed by atoms with E-state index in [1.807, 2.05) is 0 Å². The number of nitrogens with zero attached hydrogens (tertiary/aromatic N) is 1. The minimum absolute atomic E-state index is 0.118. The number of aromatic nitrogens is 1. The van der Waals surface area contributed by atoms with Crippen LogP contribution in [0.1, 0.15) is 20.3 Å². The van der Waals surface area contributed by atoms with Gasteiger partial charge in [0.15, 0.2) is 5.15 Å². The van der Waals surface area contributed by atoms with Crippen LogP contribution in [0.15, 0.2) is 16.7 Å². The van der Waals surface area contributed by atoms with E-state index in [1.165, 1.54) is 0 Å². The first kappa shape index (κ1) is 15.4. The van der Waals surface area contributed by atoms with Gasteiger partial charge in [-0.05, 0) is 34.3 Å². The van der Waals surface area contributed by atoms with Crippen molar-refractivity contribution in [2.45, 2.75) is 20.3 Å². The van der Waals surface area contributed by atoms with E-state index in [0.29, 0.717) is 18.2 Å². The van der Waals surface area contributed by atoms with Gasteiger partial charge in [0.1, 0.15) is 0 Å². The molecular weight excluding hydrogens is 318 g/mol. The third-order valence-corrected chi connectivity index (χ3v) is 3.21. The number of anilines is 1.